The Labute approximate surface area is 144 Å². The van der Waals surface area contributed by atoms with Crippen molar-refractivity contribution in [2.75, 3.05) is 19.0 Å². The van der Waals surface area contributed by atoms with Gasteiger partial charge in [-0.25, -0.2) is 0 Å². The number of ether oxygens (including phenoxy) is 2. The summed E-state index contributed by atoms with van der Waals surface area (Å²) in [6.45, 7) is -0.154. The molecule has 0 bridgehead atoms. The second-order valence-corrected chi connectivity index (χ2v) is 5.76. The lowest BCUT2D eigenvalue weighted by Gasteiger charge is -2.11. The molecule has 7 heteroatoms. The fourth-order valence-electron chi connectivity index (χ4n) is 2.87. The van der Waals surface area contributed by atoms with E-state index < -0.39 is 4.92 Å². The molecule has 7 nitrogen and oxygen atoms in total. The van der Waals surface area contributed by atoms with Gasteiger partial charge in [-0.1, -0.05) is 6.07 Å². The molecule has 1 aliphatic rings. The number of carbonyl (C=O) groups is 1. The van der Waals surface area contributed by atoms with Crippen molar-refractivity contribution in [2.24, 2.45) is 0 Å². The van der Waals surface area contributed by atoms with Crippen molar-refractivity contribution in [2.45, 2.75) is 19.3 Å². The number of methoxy groups -OCH3 is 1. The highest BCUT2D eigenvalue weighted by Gasteiger charge is 2.15. The summed E-state index contributed by atoms with van der Waals surface area (Å²) in [7, 11) is 1.38. The summed E-state index contributed by atoms with van der Waals surface area (Å²) in [6, 6.07) is 9.88. The molecule has 0 aromatic heterocycles. The number of hydrogen-bond donors (Lipinski definition) is 1. The predicted molar refractivity (Wildman–Crippen MR) is 92.2 cm³/mol. The van der Waals surface area contributed by atoms with Crippen LogP contribution in [-0.2, 0) is 17.6 Å². The molecule has 0 aliphatic heterocycles. The zero-order valence-electron chi connectivity index (χ0n) is 13.8. The lowest BCUT2D eigenvalue weighted by molar-refractivity contribution is -0.384. The summed E-state index contributed by atoms with van der Waals surface area (Å²) in [4.78, 5) is 22.3. The topological polar surface area (TPSA) is 90.7 Å². The summed E-state index contributed by atoms with van der Waals surface area (Å²) in [5.41, 5.74) is 2.86. The van der Waals surface area contributed by atoms with Crippen LogP contribution in [0.1, 0.15) is 17.5 Å². The minimum absolute atomic E-state index is 0.107. The molecule has 0 spiro atoms. The van der Waals surface area contributed by atoms with Gasteiger partial charge < -0.3 is 14.8 Å². The Balaban J connectivity index is 1.62. The molecule has 0 saturated heterocycles. The average molecular weight is 342 g/mol. The highest BCUT2D eigenvalue weighted by molar-refractivity contribution is 5.93. The van der Waals surface area contributed by atoms with Gasteiger partial charge >= 0.3 is 0 Å². The van der Waals surface area contributed by atoms with Gasteiger partial charge in [-0.15, -0.1) is 0 Å². The van der Waals surface area contributed by atoms with Gasteiger partial charge in [0.05, 0.1) is 23.8 Å². The number of fused-ring (bicyclic) bond motifs is 1. The van der Waals surface area contributed by atoms with Gasteiger partial charge in [0.25, 0.3) is 11.6 Å². The Morgan fingerprint density at radius 2 is 2.00 bits per heavy atom. The van der Waals surface area contributed by atoms with Crippen LogP contribution in [0.3, 0.4) is 0 Å². The third-order valence-electron chi connectivity index (χ3n) is 4.11. The van der Waals surface area contributed by atoms with Crippen molar-refractivity contribution in [1.82, 2.24) is 0 Å². The Kier molecular flexibility index (Phi) is 4.83. The molecule has 1 amide bonds. The Morgan fingerprint density at radius 3 is 2.76 bits per heavy atom. The number of non-ortho nitro benzene ring substituents is 1. The molecule has 2 aromatic rings. The summed E-state index contributed by atoms with van der Waals surface area (Å²) >= 11 is 0. The fraction of sp³-hybridized carbons (Fsp3) is 0.278. The SMILES string of the molecule is COc1cc([N+](=O)[O-])ccc1NC(=O)COc1ccc2c(c1)CCC2. The first-order chi connectivity index (χ1) is 12.1. The molecule has 1 aliphatic carbocycles. The van der Waals surface area contributed by atoms with Crippen LogP contribution in [0.25, 0.3) is 0 Å². The third-order valence-corrected chi connectivity index (χ3v) is 4.11. The zero-order valence-corrected chi connectivity index (χ0v) is 13.8. The molecule has 0 radical (unpaired) electrons. The molecule has 0 heterocycles. The van der Waals surface area contributed by atoms with Crippen molar-refractivity contribution < 1.29 is 19.2 Å². The van der Waals surface area contributed by atoms with E-state index in [1.54, 1.807) is 0 Å². The van der Waals surface area contributed by atoms with Gasteiger partial charge in [0.1, 0.15) is 11.5 Å². The first kappa shape index (κ1) is 16.8. The van der Waals surface area contributed by atoms with Gasteiger partial charge in [0.2, 0.25) is 0 Å². The van der Waals surface area contributed by atoms with Crippen LogP contribution in [-0.4, -0.2) is 24.5 Å². The number of nitrogens with zero attached hydrogens (tertiary/aromatic N) is 1. The van der Waals surface area contributed by atoms with E-state index in [9.17, 15) is 14.9 Å². The van der Waals surface area contributed by atoms with E-state index >= 15 is 0 Å². The lowest BCUT2D eigenvalue weighted by Crippen LogP contribution is -2.20. The van der Waals surface area contributed by atoms with E-state index in [0.717, 1.165) is 19.3 Å². The number of nitro benzene ring substituents is 1. The van der Waals surface area contributed by atoms with E-state index in [4.69, 9.17) is 9.47 Å². The number of rotatable bonds is 6. The summed E-state index contributed by atoms with van der Waals surface area (Å²) < 4.78 is 10.6. The van der Waals surface area contributed by atoms with Crippen LogP contribution in [0.15, 0.2) is 36.4 Å². The van der Waals surface area contributed by atoms with Crippen molar-refractivity contribution >= 4 is 17.3 Å². The number of hydrogen-bond acceptors (Lipinski definition) is 5. The molecule has 0 fully saturated rings. The van der Waals surface area contributed by atoms with E-state index in [-0.39, 0.29) is 24.0 Å². The lowest BCUT2D eigenvalue weighted by atomic mass is 10.1. The number of nitro groups is 1. The van der Waals surface area contributed by atoms with Crippen molar-refractivity contribution in [3.05, 3.63) is 57.6 Å². The largest absolute Gasteiger partial charge is 0.494 e. The summed E-state index contributed by atoms with van der Waals surface area (Å²) in [5, 5.41) is 13.4. The maximum Gasteiger partial charge on any atom is 0.273 e. The number of anilines is 1. The molecular formula is C18H18N2O5. The summed E-state index contributed by atoms with van der Waals surface area (Å²) in [5.74, 6) is 0.513. The Morgan fingerprint density at radius 1 is 1.20 bits per heavy atom. The van der Waals surface area contributed by atoms with Crippen molar-refractivity contribution in [1.29, 1.82) is 0 Å². The molecule has 130 valence electrons. The molecule has 0 unspecified atom stereocenters. The predicted octanol–water partition coefficient (Wildman–Crippen LogP) is 3.11. The molecule has 1 N–H and O–H groups in total. The Hall–Kier alpha value is -3.09. The smallest absolute Gasteiger partial charge is 0.273 e. The van der Waals surface area contributed by atoms with Gasteiger partial charge in [0, 0.05) is 6.07 Å². The van der Waals surface area contributed by atoms with Gasteiger partial charge in [-0.05, 0) is 48.6 Å². The molecule has 25 heavy (non-hydrogen) atoms. The number of nitrogens with one attached hydrogen (secondary N) is 1. The maximum absolute atomic E-state index is 12.1. The highest BCUT2D eigenvalue weighted by Crippen LogP contribution is 2.29. The monoisotopic (exact) mass is 342 g/mol. The highest BCUT2D eigenvalue weighted by atomic mass is 16.6. The zero-order chi connectivity index (χ0) is 17.8. The van der Waals surface area contributed by atoms with Crippen LogP contribution in [0.2, 0.25) is 0 Å². The number of benzene rings is 2. The van der Waals surface area contributed by atoms with E-state index in [2.05, 4.69) is 5.32 Å². The minimum atomic E-state index is -0.523. The van der Waals surface area contributed by atoms with Crippen LogP contribution >= 0.6 is 0 Å². The maximum atomic E-state index is 12.1. The van der Waals surface area contributed by atoms with Gasteiger partial charge in [0.15, 0.2) is 6.61 Å². The fourth-order valence-corrected chi connectivity index (χ4v) is 2.87. The molecular weight excluding hydrogens is 324 g/mol. The number of amides is 1. The van der Waals surface area contributed by atoms with E-state index in [0.29, 0.717) is 11.4 Å². The van der Waals surface area contributed by atoms with Crippen LogP contribution in [0, 0.1) is 10.1 Å². The Bertz CT molecular complexity index is 819. The van der Waals surface area contributed by atoms with Crippen molar-refractivity contribution in [3.63, 3.8) is 0 Å². The summed E-state index contributed by atoms with van der Waals surface area (Å²) in [6.07, 6.45) is 3.29. The molecule has 2 aromatic carbocycles. The van der Waals surface area contributed by atoms with E-state index in [1.807, 2.05) is 18.2 Å². The number of aryl methyl sites for hydroxylation is 2. The minimum Gasteiger partial charge on any atom is -0.494 e. The second-order valence-electron chi connectivity index (χ2n) is 5.76. The molecule has 0 saturated carbocycles. The quantitative estimate of drug-likeness (QED) is 0.643. The number of carbonyl (C=O) groups excluding carboxylic acids is 1. The second kappa shape index (κ2) is 7.21. The molecule has 0 atom stereocenters. The first-order valence-electron chi connectivity index (χ1n) is 7.93. The van der Waals surface area contributed by atoms with Gasteiger partial charge in [-0.2, -0.15) is 0 Å². The normalized spacial score (nSPS) is 12.4. The first-order valence-corrected chi connectivity index (χ1v) is 7.93. The van der Waals surface area contributed by atoms with Gasteiger partial charge in [-0.3, -0.25) is 14.9 Å². The van der Waals surface area contributed by atoms with Crippen LogP contribution < -0.4 is 14.8 Å². The van der Waals surface area contributed by atoms with Crippen LogP contribution in [0.4, 0.5) is 11.4 Å². The van der Waals surface area contributed by atoms with E-state index in [1.165, 1.54) is 36.4 Å². The van der Waals surface area contributed by atoms with Crippen LogP contribution in [0.5, 0.6) is 11.5 Å². The standard InChI is InChI=1S/C18H18N2O5/c1-24-17-10-14(20(22)23)6-8-16(17)19-18(21)11-25-15-7-5-12-3-2-4-13(12)9-15/h5-10H,2-4,11H2,1H3,(H,19,21). The third kappa shape index (κ3) is 3.88. The average Bonchev–Trinajstić information content (AvgIpc) is 3.07. The molecule has 3 rings (SSSR count). The van der Waals surface area contributed by atoms with Crippen molar-refractivity contribution in [3.8, 4) is 11.5 Å².